The molecular weight excluding hydrogens is 212 g/mol. The molecule has 0 saturated carbocycles. The molecule has 0 aromatic heterocycles. The van der Waals surface area contributed by atoms with Crippen LogP contribution in [-0.4, -0.2) is 17.3 Å². The lowest BCUT2D eigenvalue weighted by molar-refractivity contribution is 0.0603. The lowest BCUT2D eigenvalue weighted by Crippen LogP contribution is -2.23. The summed E-state index contributed by atoms with van der Waals surface area (Å²) in [6, 6.07) is 5.67. The van der Waals surface area contributed by atoms with Crippen molar-refractivity contribution < 1.29 is 9.84 Å². The van der Waals surface area contributed by atoms with Crippen LogP contribution in [0.4, 0.5) is 0 Å². The van der Waals surface area contributed by atoms with Gasteiger partial charge in [-0.15, -0.1) is 0 Å². The summed E-state index contributed by atoms with van der Waals surface area (Å²) in [6.45, 7) is 4.23. The predicted octanol–water partition coefficient (Wildman–Crippen LogP) is 2.98. The molecule has 1 aromatic carbocycles. The number of ether oxygens (including phenoxy) is 1. The highest BCUT2D eigenvalue weighted by Crippen LogP contribution is 2.42. The van der Waals surface area contributed by atoms with E-state index in [0.29, 0.717) is 13.0 Å². The summed E-state index contributed by atoms with van der Waals surface area (Å²) in [6.07, 6.45) is 0.670. The second kappa shape index (κ2) is 3.69. The van der Waals surface area contributed by atoms with E-state index in [1.54, 1.807) is 0 Å². The highest BCUT2D eigenvalue weighted by atomic mass is 35.5. The van der Waals surface area contributed by atoms with Crippen molar-refractivity contribution in [1.29, 1.82) is 0 Å². The Hall–Kier alpha value is -0.730. The second-order valence-electron chi connectivity index (χ2n) is 4.68. The number of benzene rings is 1. The van der Waals surface area contributed by atoms with E-state index in [1.165, 1.54) is 0 Å². The lowest BCUT2D eigenvalue weighted by Gasteiger charge is -2.21. The maximum atomic E-state index is 9.80. The number of hydrogen-bond donors (Lipinski definition) is 1. The van der Waals surface area contributed by atoms with E-state index in [4.69, 9.17) is 16.3 Å². The van der Waals surface area contributed by atoms with Crippen LogP contribution in [0.3, 0.4) is 0 Å². The SMILES string of the molecule is CC(C)(O)CC1COc2cccc(Cl)c21. The smallest absolute Gasteiger partial charge is 0.124 e. The maximum absolute atomic E-state index is 9.80. The van der Waals surface area contributed by atoms with Crippen molar-refractivity contribution in [3.8, 4) is 5.75 Å². The van der Waals surface area contributed by atoms with Crippen LogP contribution in [0.2, 0.25) is 5.02 Å². The largest absolute Gasteiger partial charge is 0.493 e. The molecule has 15 heavy (non-hydrogen) atoms. The molecular formula is C12H15ClO2. The molecule has 1 aliphatic rings. The number of halogens is 1. The first-order valence-electron chi connectivity index (χ1n) is 5.11. The van der Waals surface area contributed by atoms with E-state index in [9.17, 15) is 5.11 Å². The summed E-state index contributed by atoms with van der Waals surface area (Å²) in [5, 5.41) is 10.5. The van der Waals surface area contributed by atoms with E-state index in [-0.39, 0.29) is 5.92 Å². The third-order valence-corrected chi connectivity index (χ3v) is 2.94. The fraction of sp³-hybridized carbons (Fsp3) is 0.500. The van der Waals surface area contributed by atoms with Crippen LogP contribution in [-0.2, 0) is 0 Å². The van der Waals surface area contributed by atoms with Gasteiger partial charge in [0.05, 0.1) is 12.2 Å². The summed E-state index contributed by atoms with van der Waals surface area (Å²) < 4.78 is 5.54. The molecule has 0 radical (unpaired) electrons. The zero-order chi connectivity index (χ0) is 11.1. The molecule has 1 unspecified atom stereocenters. The molecule has 1 N–H and O–H groups in total. The average Bonchev–Trinajstić information content (AvgIpc) is 2.47. The summed E-state index contributed by atoms with van der Waals surface area (Å²) in [4.78, 5) is 0. The van der Waals surface area contributed by atoms with Gasteiger partial charge in [-0.3, -0.25) is 0 Å². The second-order valence-corrected chi connectivity index (χ2v) is 5.08. The van der Waals surface area contributed by atoms with Crippen LogP contribution in [0.15, 0.2) is 18.2 Å². The Kier molecular flexibility index (Phi) is 2.65. The summed E-state index contributed by atoms with van der Waals surface area (Å²) in [5.74, 6) is 1.06. The van der Waals surface area contributed by atoms with Gasteiger partial charge in [0.2, 0.25) is 0 Å². The maximum Gasteiger partial charge on any atom is 0.124 e. The van der Waals surface area contributed by atoms with Crippen LogP contribution < -0.4 is 4.74 Å². The summed E-state index contributed by atoms with van der Waals surface area (Å²) >= 11 is 6.13. The number of hydrogen-bond acceptors (Lipinski definition) is 2. The molecule has 0 saturated heterocycles. The van der Waals surface area contributed by atoms with E-state index in [0.717, 1.165) is 16.3 Å². The van der Waals surface area contributed by atoms with Crippen LogP contribution in [0, 0.1) is 0 Å². The minimum Gasteiger partial charge on any atom is -0.493 e. The molecule has 82 valence electrons. The Morgan fingerprint density at radius 2 is 2.27 bits per heavy atom. The fourth-order valence-corrected chi connectivity index (χ4v) is 2.40. The van der Waals surface area contributed by atoms with Crippen molar-refractivity contribution in [3.63, 3.8) is 0 Å². The predicted molar refractivity (Wildman–Crippen MR) is 60.6 cm³/mol. The van der Waals surface area contributed by atoms with E-state index < -0.39 is 5.60 Å². The van der Waals surface area contributed by atoms with Gasteiger partial charge in [-0.25, -0.2) is 0 Å². The molecule has 1 aliphatic heterocycles. The molecule has 1 aromatic rings. The quantitative estimate of drug-likeness (QED) is 0.840. The minimum atomic E-state index is -0.686. The molecule has 1 atom stereocenters. The van der Waals surface area contributed by atoms with Gasteiger partial charge in [-0.1, -0.05) is 17.7 Å². The molecule has 0 fully saturated rings. The summed E-state index contributed by atoms with van der Waals surface area (Å²) in [5.41, 5.74) is 0.357. The van der Waals surface area contributed by atoms with Crippen LogP contribution in [0.1, 0.15) is 31.7 Å². The van der Waals surface area contributed by atoms with Gasteiger partial charge in [0.15, 0.2) is 0 Å². The monoisotopic (exact) mass is 226 g/mol. The Bertz CT molecular complexity index is 368. The molecule has 0 aliphatic carbocycles. The summed E-state index contributed by atoms with van der Waals surface area (Å²) in [7, 11) is 0. The first kappa shape index (κ1) is 10.8. The zero-order valence-electron chi connectivity index (χ0n) is 8.96. The number of aliphatic hydroxyl groups is 1. The molecule has 2 nitrogen and oxygen atoms in total. The minimum absolute atomic E-state index is 0.202. The molecule has 0 bridgehead atoms. The van der Waals surface area contributed by atoms with E-state index in [2.05, 4.69) is 0 Å². The van der Waals surface area contributed by atoms with Crippen molar-refractivity contribution in [1.82, 2.24) is 0 Å². The molecule has 0 amide bonds. The Morgan fingerprint density at radius 3 is 2.93 bits per heavy atom. The topological polar surface area (TPSA) is 29.5 Å². The van der Waals surface area contributed by atoms with E-state index >= 15 is 0 Å². The third kappa shape index (κ3) is 2.27. The number of rotatable bonds is 2. The van der Waals surface area contributed by atoms with Crippen LogP contribution in [0.25, 0.3) is 0 Å². The van der Waals surface area contributed by atoms with Gasteiger partial charge in [-0.2, -0.15) is 0 Å². The van der Waals surface area contributed by atoms with Gasteiger partial charge in [0.1, 0.15) is 5.75 Å². The van der Waals surface area contributed by atoms with Crippen LogP contribution >= 0.6 is 11.6 Å². The van der Waals surface area contributed by atoms with Gasteiger partial charge >= 0.3 is 0 Å². The lowest BCUT2D eigenvalue weighted by atomic mass is 9.89. The third-order valence-electron chi connectivity index (χ3n) is 2.61. The average molecular weight is 227 g/mol. The fourth-order valence-electron chi connectivity index (χ4n) is 2.08. The molecule has 0 spiro atoms. The first-order valence-corrected chi connectivity index (χ1v) is 5.49. The van der Waals surface area contributed by atoms with Crippen molar-refractivity contribution in [2.24, 2.45) is 0 Å². The van der Waals surface area contributed by atoms with Crippen LogP contribution in [0.5, 0.6) is 5.75 Å². The first-order chi connectivity index (χ1) is 6.97. The van der Waals surface area contributed by atoms with Crippen molar-refractivity contribution in [2.45, 2.75) is 31.8 Å². The normalized spacial score (nSPS) is 19.9. The Morgan fingerprint density at radius 1 is 1.53 bits per heavy atom. The number of fused-ring (bicyclic) bond motifs is 1. The zero-order valence-corrected chi connectivity index (χ0v) is 9.71. The van der Waals surface area contributed by atoms with Gasteiger partial charge in [-0.05, 0) is 32.4 Å². The Labute approximate surface area is 94.8 Å². The van der Waals surface area contributed by atoms with Gasteiger partial charge < -0.3 is 9.84 Å². The highest BCUT2D eigenvalue weighted by molar-refractivity contribution is 6.31. The standard InChI is InChI=1S/C12H15ClO2/c1-12(2,14)6-8-7-15-10-5-3-4-9(13)11(8)10/h3-5,8,14H,6-7H2,1-2H3. The van der Waals surface area contributed by atoms with Gasteiger partial charge in [0.25, 0.3) is 0 Å². The van der Waals surface area contributed by atoms with Crippen molar-refractivity contribution in [2.75, 3.05) is 6.61 Å². The highest BCUT2D eigenvalue weighted by Gasteiger charge is 2.30. The Balaban J connectivity index is 2.28. The van der Waals surface area contributed by atoms with Crippen molar-refractivity contribution >= 4 is 11.6 Å². The molecule has 1 heterocycles. The van der Waals surface area contributed by atoms with E-state index in [1.807, 2.05) is 32.0 Å². The van der Waals surface area contributed by atoms with Crippen molar-refractivity contribution in [3.05, 3.63) is 28.8 Å². The molecule has 2 rings (SSSR count). The molecule has 3 heteroatoms. The van der Waals surface area contributed by atoms with Gasteiger partial charge in [0, 0.05) is 16.5 Å².